The number of para-hydroxylation sites is 1. The molecule has 0 saturated carbocycles. The van der Waals surface area contributed by atoms with Crippen LogP contribution < -0.4 is 10.1 Å². The molecule has 2 heteroatoms. The molecule has 0 heterocycles. The summed E-state index contributed by atoms with van der Waals surface area (Å²) >= 11 is 0. The molecule has 21 heavy (non-hydrogen) atoms. The van der Waals surface area contributed by atoms with Gasteiger partial charge in [0.15, 0.2) is 0 Å². The van der Waals surface area contributed by atoms with Crippen molar-refractivity contribution in [3.63, 3.8) is 0 Å². The van der Waals surface area contributed by atoms with Crippen molar-refractivity contribution in [2.24, 2.45) is 5.92 Å². The van der Waals surface area contributed by atoms with E-state index in [1.807, 2.05) is 6.07 Å². The summed E-state index contributed by atoms with van der Waals surface area (Å²) in [6.07, 6.45) is 6.95. The highest BCUT2D eigenvalue weighted by molar-refractivity contribution is 5.33. The number of benzene rings is 1. The summed E-state index contributed by atoms with van der Waals surface area (Å²) < 4.78 is 5.84. The van der Waals surface area contributed by atoms with Gasteiger partial charge < -0.3 is 10.1 Å². The second kappa shape index (κ2) is 10.7. The van der Waals surface area contributed by atoms with Crippen molar-refractivity contribution < 1.29 is 4.74 Å². The summed E-state index contributed by atoms with van der Waals surface area (Å²) in [5.74, 6) is 1.86. The minimum atomic E-state index is 0.229. The van der Waals surface area contributed by atoms with Gasteiger partial charge in [0, 0.05) is 12.1 Å². The first-order valence-corrected chi connectivity index (χ1v) is 8.55. The van der Waals surface area contributed by atoms with Gasteiger partial charge in [-0.3, -0.25) is 0 Å². The Morgan fingerprint density at radius 1 is 0.952 bits per heavy atom. The van der Waals surface area contributed by atoms with Crippen LogP contribution in [0.1, 0.15) is 65.4 Å². The summed E-state index contributed by atoms with van der Waals surface area (Å²) in [5, 5.41) is 3.54. The second-order valence-corrected chi connectivity index (χ2v) is 6.55. The van der Waals surface area contributed by atoms with E-state index in [2.05, 4.69) is 51.2 Å². The largest absolute Gasteiger partial charge is 0.491 e. The average molecular weight is 291 g/mol. The van der Waals surface area contributed by atoms with E-state index in [1.54, 1.807) is 0 Å². The van der Waals surface area contributed by atoms with Gasteiger partial charge in [0.25, 0.3) is 0 Å². The van der Waals surface area contributed by atoms with Crippen molar-refractivity contribution >= 4 is 0 Å². The molecular weight excluding hydrogens is 258 g/mol. The first-order valence-electron chi connectivity index (χ1n) is 8.55. The molecule has 0 amide bonds. The van der Waals surface area contributed by atoms with Crippen LogP contribution in [-0.4, -0.2) is 12.6 Å². The lowest BCUT2D eigenvalue weighted by molar-refractivity contribution is 0.239. The van der Waals surface area contributed by atoms with Gasteiger partial charge in [-0.05, 0) is 38.8 Å². The summed E-state index contributed by atoms with van der Waals surface area (Å²) in [5.41, 5.74) is 1.26. The third kappa shape index (κ3) is 8.77. The molecule has 0 aliphatic carbocycles. The van der Waals surface area contributed by atoms with Crippen molar-refractivity contribution in [1.82, 2.24) is 5.32 Å². The number of hydrogen-bond acceptors (Lipinski definition) is 2. The van der Waals surface area contributed by atoms with Crippen molar-refractivity contribution in [1.29, 1.82) is 0 Å². The molecule has 120 valence electrons. The highest BCUT2D eigenvalue weighted by Gasteiger charge is 2.04. The van der Waals surface area contributed by atoms with Gasteiger partial charge in [0.2, 0.25) is 0 Å². The molecule has 0 radical (unpaired) electrons. The van der Waals surface area contributed by atoms with Gasteiger partial charge in [-0.2, -0.15) is 0 Å². The lowest BCUT2D eigenvalue weighted by Crippen LogP contribution is -2.16. The van der Waals surface area contributed by atoms with Gasteiger partial charge in [-0.15, -0.1) is 0 Å². The third-order valence-electron chi connectivity index (χ3n) is 3.54. The Morgan fingerprint density at radius 3 is 2.38 bits per heavy atom. The molecule has 1 aromatic rings. The number of hydrogen-bond donors (Lipinski definition) is 1. The van der Waals surface area contributed by atoms with Crippen molar-refractivity contribution in [3.05, 3.63) is 29.8 Å². The average Bonchev–Trinajstić information content (AvgIpc) is 2.42. The number of ether oxygens (including phenoxy) is 1. The van der Waals surface area contributed by atoms with Gasteiger partial charge in [-0.1, -0.05) is 57.7 Å². The van der Waals surface area contributed by atoms with E-state index < -0.39 is 0 Å². The Balaban J connectivity index is 2.15. The van der Waals surface area contributed by atoms with Crippen LogP contribution in [0.3, 0.4) is 0 Å². The molecule has 0 aromatic heterocycles. The zero-order chi connectivity index (χ0) is 15.5. The maximum absolute atomic E-state index is 5.84. The van der Waals surface area contributed by atoms with Gasteiger partial charge in [0.1, 0.15) is 5.75 Å². The molecule has 0 atom stereocenters. The van der Waals surface area contributed by atoms with Crippen LogP contribution in [0.4, 0.5) is 0 Å². The van der Waals surface area contributed by atoms with Gasteiger partial charge >= 0.3 is 0 Å². The molecule has 0 unspecified atom stereocenters. The predicted molar refractivity (Wildman–Crippen MR) is 91.8 cm³/mol. The SMILES string of the molecule is CC(C)CCCCCCNCc1ccccc1OC(C)C. The van der Waals surface area contributed by atoms with E-state index in [-0.39, 0.29) is 6.10 Å². The van der Waals surface area contributed by atoms with Crippen LogP contribution in [0, 0.1) is 5.92 Å². The lowest BCUT2D eigenvalue weighted by Gasteiger charge is -2.14. The fourth-order valence-corrected chi connectivity index (χ4v) is 2.40. The second-order valence-electron chi connectivity index (χ2n) is 6.55. The molecular formula is C19H33NO. The zero-order valence-electron chi connectivity index (χ0n) is 14.3. The fourth-order valence-electron chi connectivity index (χ4n) is 2.40. The van der Waals surface area contributed by atoms with Crippen LogP contribution in [0.15, 0.2) is 24.3 Å². The van der Waals surface area contributed by atoms with E-state index in [0.29, 0.717) is 0 Å². The van der Waals surface area contributed by atoms with Crippen LogP contribution in [-0.2, 0) is 6.54 Å². The fraction of sp³-hybridized carbons (Fsp3) is 0.684. The molecule has 0 bridgehead atoms. The number of unbranched alkanes of at least 4 members (excludes halogenated alkanes) is 3. The van der Waals surface area contributed by atoms with E-state index in [4.69, 9.17) is 4.74 Å². The van der Waals surface area contributed by atoms with Crippen molar-refractivity contribution in [2.75, 3.05) is 6.54 Å². The van der Waals surface area contributed by atoms with Crippen LogP contribution in [0.2, 0.25) is 0 Å². The Kier molecular flexibility index (Phi) is 9.16. The Morgan fingerprint density at radius 2 is 1.67 bits per heavy atom. The van der Waals surface area contributed by atoms with Crippen LogP contribution >= 0.6 is 0 Å². The first-order chi connectivity index (χ1) is 10.1. The summed E-state index contributed by atoms with van der Waals surface area (Å²) in [6, 6.07) is 8.32. The molecule has 0 saturated heterocycles. The van der Waals surface area contributed by atoms with Crippen LogP contribution in [0.25, 0.3) is 0 Å². The maximum Gasteiger partial charge on any atom is 0.124 e. The quantitative estimate of drug-likeness (QED) is 0.568. The minimum absolute atomic E-state index is 0.229. The molecule has 2 nitrogen and oxygen atoms in total. The van der Waals surface area contributed by atoms with Gasteiger partial charge in [-0.25, -0.2) is 0 Å². The number of nitrogens with one attached hydrogen (secondary N) is 1. The Hall–Kier alpha value is -1.02. The topological polar surface area (TPSA) is 21.3 Å². The van der Waals surface area contributed by atoms with E-state index >= 15 is 0 Å². The molecule has 1 rings (SSSR count). The first kappa shape index (κ1) is 18.0. The molecule has 0 fully saturated rings. The molecule has 1 aromatic carbocycles. The van der Waals surface area contributed by atoms with Gasteiger partial charge in [0.05, 0.1) is 6.10 Å². The zero-order valence-corrected chi connectivity index (χ0v) is 14.3. The Bertz CT molecular complexity index is 374. The summed E-state index contributed by atoms with van der Waals surface area (Å²) in [7, 11) is 0. The molecule has 0 spiro atoms. The van der Waals surface area contributed by atoms with Crippen molar-refractivity contribution in [2.45, 2.75) is 72.4 Å². The minimum Gasteiger partial charge on any atom is -0.491 e. The monoisotopic (exact) mass is 291 g/mol. The standard InChI is InChI=1S/C19H33NO/c1-16(2)11-7-5-6-10-14-20-15-18-12-8-9-13-19(18)21-17(3)4/h8-9,12-13,16-17,20H,5-7,10-11,14-15H2,1-4H3. The van der Waals surface area contributed by atoms with E-state index in [0.717, 1.165) is 24.8 Å². The molecule has 0 aliphatic heterocycles. The third-order valence-corrected chi connectivity index (χ3v) is 3.54. The summed E-state index contributed by atoms with van der Waals surface area (Å²) in [6.45, 7) is 10.7. The molecule has 1 N–H and O–H groups in total. The highest BCUT2D eigenvalue weighted by Crippen LogP contribution is 2.19. The maximum atomic E-state index is 5.84. The summed E-state index contributed by atoms with van der Waals surface area (Å²) in [4.78, 5) is 0. The normalized spacial score (nSPS) is 11.3. The highest BCUT2D eigenvalue weighted by atomic mass is 16.5. The smallest absolute Gasteiger partial charge is 0.124 e. The van der Waals surface area contributed by atoms with Crippen molar-refractivity contribution in [3.8, 4) is 5.75 Å². The lowest BCUT2D eigenvalue weighted by atomic mass is 10.0. The Labute approximate surface area is 131 Å². The van der Waals surface area contributed by atoms with E-state index in [9.17, 15) is 0 Å². The predicted octanol–water partition coefficient (Wildman–Crippen LogP) is 5.17. The van der Waals surface area contributed by atoms with Crippen LogP contribution in [0.5, 0.6) is 5.75 Å². The van der Waals surface area contributed by atoms with E-state index in [1.165, 1.54) is 37.7 Å². The molecule has 0 aliphatic rings. The number of rotatable bonds is 11.